The van der Waals surface area contributed by atoms with Gasteiger partial charge >= 0.3 is 0 Å². The number of hydrogen-bond acceptors (Lipinski definition) is 5. The van der Waals surface area contributed by atoms with E-state index in [4.69, 9.17) is 10.5 Å². The van der Waals surface area contributed by atoms with Gasteiger partial charge in [-0.05, 0) is 13.8 Å². The van der Waals surface area contributed by atoms with E-state index in [0.29, 0.717) is 26.2 Å². The molecule has 0 unspecified atom stereocenters. The van der Waals surface area contributed by atoms with Crippen molar-refractivity contribution in [2.45, 2.75) is 19.1 Å². The molecule has 2 N–H and O–H groups in total. The molecule has 5 nitrogen and oxygen atoms in total. The van der Waals surface area contributed by atoms with Crippen molar-refractivity contribution in [3.05, 3.63) is 0 Å². The van der Waals surface area contributed by atoms with Gasteiger partial charge in [-0.1, -0.05) is 0 Å². The fourth-order valence-electron chi connectivity index (χ4n) is 1.23. The number of methoxy groups -OCH3 is 1. The van der Waals surface area contributed by atoms with Crippen LogP contribution in [0.25, 0.3) is 0 Å². The first-order valence-corrected chi connectivity index (χ1v) is 7.28. The van der Waals surface area contributed by atoms with Gasteiger partial charge in [-0.3, -0.25) is 4.90 Å². The lowest BCUT2D eigenvalue weighted by atomic mass is 10.4. The summed E-state index contributed by atoms with van der Waals surface area (Å²) >= 11 is 0. The van der Waals surface area contributed by atoms with Gasteiger partial charge in [0.25, 0.3) is 0 Å². The van der Waals surface area contributed by atoms with E-state index in [0.717, 1.165) is 6.54 Å². The summed E-state index contributed by atoms with van der Waals surface area (Å²) in [7, 11) is -1.33. The molecule has 0 saturated carbocycles. The third-order valence-corrected chi connectivity index (χ3v) is 4.66. The van der Waals surface area contributed by atoms with E-state index in [9.17, 15) is 8.42 Å². The molecule has 0 aliphatic carbocycles. The molecule has 0 amide bonds. The third-order valence-electron chi connectivity index (χ3n) is 2.47. The molecule has 0 aromatic rings. The van der Waals surface area contributed by atoms with E-state index < -0.39 is 9.84 Å². The van der Waals surface area contributed by atoms with Gasteiger partial charge in [-0.15, -0.1) is 0 Å². The summed E-state index contributed by atoms with van der Waals surface area (Å²) in [5, 5.41) is -0.311. The zero-order valence-electron chi connectivity index (χ0n) is 10.5. The number of hydrogen-bond donors (Lipinski definition) is 1. The second-order valence-electron chi connectivity index (χ2n) is 4.04. The first kappa shape index (κ1) is 15.8. The van der Waals surface area contributed by atoms with Crippen LogP contribution in [0, 0.1) is 0 Å². The molecule has 0 saturated heterocycles. The van der Waals surface area contributed by atoms with Gasteiger partial charge in [-0.25, -0.2) is 8.42 Å². The predicted octanol–water partition coefficient (Wildman–Crippen LogP) is -0.283. The predicted molar refractivity (Wildman–Crippen MR) is 66.3 cm³/mol. The van der Waals surface area contributed by atoms with Crippen molar-refractivity contribution in [3.63, 3.8) is 0 Å². The molecule has 0 fully saturated rings. The number of ether oxygens (including phenoxy) is 1. The summed E-state index contributed by atoms with van der Waals surface area (Å²) < 4.78 is 28.2. The van der Waals surface area contributed by atoms with Crippen LogP contribution in [0.15, 0.2) is 0 Å². The van der Waals surface area contributed by atoms with Gasteiger partial charge in [-0.2, -0.15) is 0 Å². The minimum Gasteiger partial charge on any atom is -0.383 e. The van der Waals surface area contributed by atoms with Crippen molar-refractivity contribution < 1.29 is 13.2 Å². The number of nitrogens with zero attached hydrogens (tertiary/aromatic N) is 1. The zero-order chi connectivity index (χ0) is 12.6. The highest BCUT2D eigenvalue weighted by Gasteiger charge is 2.17. The standard InChI is InChI=1S/C10H24N2O3S/c1-10(2)16(13,14)9-7-12(5-4-11)6-8-15-3/h10H,4-9,11H2,1-3H3. The maximum absolute atomic E-state index is 11.6. The van der Waals surface area contributed by atoms with Gasteiger partial charge < -0.3 is 10.5 Å². The van der Waals surface area contributed by atoms with Gasteiger partial charge in [0.15, 0.2) is 9.84 Å². The molecule has 0 aromatic carbocycles. The molecule has 0 heterocycles. The normalized spacial score (nSPS) is 12.6. The Kier molecular flexibility index (Phi) is 7.91. The number of sulfone groups is 1. The highest BCUT2D eigenvalue weighted by Crippen LogP contribution is 2.01. The Hall–Kier alpha value is -0.170. The minimum absolute atomic E-state index is 0.189. The largest absolute Gasteiger partial charge is 0.383 e. The highest BCUT2D eigenvalue weighted by molar-refractivity contribution is 7.92. The van der Waals surface area contributed by atoms with Crippen molar-refractivity contribution in [2.75, 3.05) is 45.6 Å². The van der Waals surface area contributed by atoms with E-state index in [-0.39, 0.29) is 11.0 Å². The number of rotatable bonds is 9. The lowest BCUT2D eigenvalue weighted by Crippen LogP contribution is -2.37. The van der Waals surface area contributed by atoms with Crippen LogP contribution in [0.1, 0.15) is 13.8 Å². The molecule has 16 heavy (non-hydrogen) atoms. The highest BCUT2D eigenvalue weighted by atomic mass is 32.2. The third kappa shape index (κ3) is 6.42. The van der Waals surface area contributed by atoms with Crippen molar-refractivity contribution >= 4 is 9.84 Å². The van der Waals surface area contributed by atoms with Crippen LogP contribution < -0.4 is 5.73 Å². The molecule has 0 rings (SSSR count). The Morgan fingerprint density at radius 1 is 1.25 bits per heavy atom. The van der Waals surface area contributed by atoms with Crippen molar-refractivity contribution in [2.24, 2.45) is 5.73 Å². The first-order valence-electron chi connectivity index (χ1n) is 5.57. The Morgan fingerprint density at radius 3 is 2.31 bits per heavy atom. The summed E-state index contributed by atoms with van der Waals surface area (Å²) in [4.78, 5) is 2.02. The van der Waals surface area contributed by atoms with Gasteiger partial charge in [0, 0.05) is 33.3 Å². The summed E-state index contributed by atoms with van der Waals surface area (Å²) in [6, 6.07) is 0. The average Bonchev–Trinajstić information content (AvgIpc) is 2.22. The van der Waals surface area contributed by atoms with E-state index >= 15 is 0 Å². The SMILES string of the molecule is COCCN(CCN)CCS(=O)(=O)C(C)C. The second kappa shape index (κ2) is 8.00. The van der Waals surface area contributed by atoms with Crippen molar-refractivity contribution in [3.8, 4) is 0 Å². The molecule has 0 aliphatic heterocycles. The van der Waals surface area contributed by atoms with E-state index in [2.05, 4.69) is 0 Å². The smallest absolute Gasteiger partial charge is 0.153 e. The van der Waals surface area contributed by atoms with Gasteiger partial charge in [0.1, 0.15) is 0 Å². The molecule has 0 aliphatic rings. The molecule has 0 radical (unpaired) electrons. The van der Waals surface area contributed by atoms with Crippen LogP contribution in [-0.2, 0) is 14.6 Å². The van der Waals surface area contributed by atoms with Gasteiger partial charge in [0.05, 0.1) is 17.6 Å². The molecule has 6 heteroatoms. The Bertz CT molecular complexity index is 265. The first-order chi connectivity index (χ1) is 7.44. The zero-order valence-corrected chi connectivity index (χ0v) is 11.3. The monoisotopic (exact) mass is 252 g/mol. The molecular weight excluding hydrogens is 228 g/mol. The molecular formula is C10H24N2O3S. The molecule has 0 atom stereocenters. The van der Waals surface area contributed by atoms with Gasteiger partial charge in [0.2, 0.25) is 0 Å². The van der Waals surface area contributed by atoms with E-state index in [1.165, 1.54) is 0 Å². The molecule has 0 spiro atoms. The van der Waals surface area contributed by atoms with Crippen LogP contribution in [0.4, 0.5) is 0 Å². The Labute approximate surface area is 98.9 Å². The lowest BCUT2D eigenvalue weighted by molar-refractivity contribution is 0.153. The maximum atomic E-state index is 11.6. The fraction of sp³-hybridized carbons (Fsp3) is 1.00. The van der Waals surface area contributed by atoms with Crippen LogP contribution in [0.5, 0.6) is 0 Å². The van der Waals surface area contributed by atoms with Crippen LogP contribution in [0.3, 0.4) is 0 Å². The minimum atomic E-state index is -2.96. The van der Waals surface area contributed by atoms with Crippen molar-refractivity contribution in [1.29, 1.82) is 0 Å². The fourth-order valence-corrected chi connectivity index (χ4v) is 2.21. The quantitative estimate of drug-likeness (QED) is 0.611. The maximum Gasteiger partial charge on any atom is 0.153 e. The Balaban J connectivity index is 4.10. The summed E-state index contributed by atoms with van der Waals surface area (Å²) in [5.74, 6) is 0.189. The Morgan fingerprint density at radius 2 is 1.88 bits per heavy atom. The van der Waals surface area contributed by atoms with Crippen LogP contribution >= 0.6 is 0 Å². The lowest BCUT2D eigenvalue weighted by Gasteiger charge is -2.21. The topological polar surface area (TPSA) is 72.6 Å². The summed E-state index contributed by atoms with van der Waals surface area (Å²) in [5.41, 5.74) is 5.47. The molecule has 0 aromatic heterocycles. The van der Waals surface area contributed by atoms with Crippen LogP contribution in [0.2, 0.25) is 0 Å². The van der Waals surface area contributed by atoms with E-state index in [1.807, 2.05) is 4.90 Å². The van der Waals surface area contributed by atoms with Crippen molar-refractivity contribution in [1.82, 2.24) is 4.90 Å². The second-order valence-corrected chi connectivity index (χ2v) is 6.72. The summed E-state index contributed by atoms with van der Waals surface area (Å²) in [6.07, 6.45) is 0. The van der Waals surface area contributed by atoms with Crippen LogP contribution in [-0.4, -0.2) is 64.2 Å². The average molecular weight is 252 g/mol. The van der Waals surface area contributed by atoms with E-state index in [1.54, 1.807) is 21.0 Å². The number of nitrogens with two attached hydrogens (primary N) is 1. The molecule has 98 valence electrons. The molecule has 0 bridgehead atoms. The summed E-state index contributed by atoms with van der Waals surface area (Å²) in [6.45, 7) is 6.50.